The van der Waals surface area contributed by atoms with Gasteiger partial charge in [0.25, 0.3) is 0 Å². The molecule has 0 spiro atoms. The summed E-state index contributed by atoms with van der Waals surface area (Å²) >= 11 is 0. The number of hydrogen-bond acceptors (Lipinski definition) is 2. The first kappa shape index (κ1) is 20.2. The van der Waals surface area contributed by atoms with Crippen LogP contribution in [0.2, 0.25) is 0 Å². The highest BCUT2D eigenvalue weighted by Crippen LogP contribution is 2.14. The second kappa shape index (κ2) is 10.1. The number of rotatable bonds is 4. The van der Waals surface area contributed by atoms with Gasteiger partial charge in [0.1, 0.15) is 0 Å². The molecule has 0 aliphatic carbocycles. The fourth-order valence-corrected chi connectivity index (χ4v) is 3.12. The van der Waals surface area contributed by atoms with Gasteiger partial charge in [-0.3, -0.25) is 4.99 Å². The van der Waals surface area contributed by atoms with Crippen molar-refractivity contribution >= 4 is 29.9 Å². The lowest BCUT2D eigenvalue weighted by atomic mass is 9.99. The van der Waals surface area contributed by atoms with Crippen LogP contribution in [-0.2, 0) is 6.54 Å². The molecule has 1 saturated heterocycles. The van der Waals surface area contributed by atoms with Gasteiger partial charge in [0, 0.05) is 26.7 Å². The average molecular weight is 430 g/mol. The second-order valence-corrected chi connectivity index (χ2v) is 6.51. The number of aryl methyl sites for hydroxylation is 2. The van der Waals surface area contributed by atoms with E-state index in [9.17, 15) is 0 Å². The lowest BCUT2D eigenvalue weighted by Crippen LogP contribution is -2.43. The van der Waals surface area contributed by atoms with E-state index in [1.165, 1.54) is 42.6 Å². The molecule has 2 rings (SSSR count). The number of halogens is 1. The van der Waals surface area contributed by atoms with Gasteiger partial charge in [-0.15, -0.1) is 24.0 Å². The molecule has 1 atom stereocenters. The summed E-state index contributed by atoms with van der Waals surface area (Å²) in [6.45, 7) is 8.52. The maximum absolute atomic E-state index is 4.33. The summed E-state index contributed by atoms with van der Waals surface area (Å²) in [6.07, 6.45) is 2.61. The molecule has 1 aliphatic heterocycles. The number of aliphatic imine (C=N–C) groups is 1. The van der Waals surface area contributed by atoms with Crippen LogP contribution in [0.5, 0.6) is 0 Å². The van der Waals surface area contributed by atoms with Crippen molar-refractivity contribution in [2.45, 2.75) is 33.2 Å². The minimum absolute atomic E-state index is 0. The molecular weight excluding hydrogens is 399 g/mol. The van der Waals surface area contributed by atoms with Crippen molar-refractivity contribution in [2.24, 2.45) is 10.9 Å². The molecular formula is C18H31IN4. The van der Waals surface area contributed by atoms with Crippen molar-refractivity contribution in [3.05, 3.63) is 34.9 Å². The maximum atomic E-state index is 4.33. The van der Waals surface area contributed by atoms with Crippen LogP contribution >= 0.6 is 24.0 Å². The number of benzene rings is 1. The van der Waals surface area contributed by atoms with E-state index in [1.54, 1.807) is 0 Å². The summed E-state index contributed by atoms with van der Waals surface area (Å²) in [5.41, 5.74) is 3.97. The summed E-state index contributed by atoms with van der Waals surface area (Å²) in [7, 11) is 4.05. The first-order chi connectivity index (χ1) is 10.6. The Hall–Kier alpha value is -0.820. The molecule has 0 amide bonds. The van der Waals surface area contributed by atoms with Crippen molar-refractivity contribution in [3.63, 3.8) is 0 Å². The van der Waals surface area contributed by atoms with Crippen LogP contribution in [0.3, 0.4) is 0 Å². The SMILES string of the molecule is CN=C(NCc1ccc(C)cc1C)NCC1CCCN(C)C1.I. The van der Waals surface area contributed by atoms with Gasteiger partial charge < -0.3 is 15.5 Å². The Kier molecular flexibility index (Phi) is 8.91. The smallest absolute Gasteiger partial charge is 0.191 e. The first-order valence-electron chi connectivity index (χ1n) is 8.27. The zero-order chi connectivity index (χ0) is 15.9. The molecule has 0 aromatic heterocycles. The van der Waals surface area contributed by atoms with Crippen molar-refractivity contribution in [1.82, 2.24) is 15.5 Å². The van der Waals surface area contributed by atoms with Crippen LogP contribution in [0.4, 0.5) is 0 Å². The summed E-state index contributed by atoms with van der Waals surface area (Å²) in [5.74, 6) is 1.62. The summed E-state index contributed by atoms with van der Waals surface area (Å²) in [5, 5.41) is 6.90. The lowest BCUT2D eigenvalue weighted by Gasteiger charge is -2.30. The quantitative estimate of drug-likeness (QED) is 0.439. The van der Waals surface area contributed by atoms with Crippen LogP contribution in [0.25, 0.3) is 0 Å². The van der Waals surface area contributed by atoms with Crippen LogP contribution in [0.1, 0.15) is 29.5 Å². The maximum Gasteiger partial charge on any atom is 0.191 e. The van der Waals surface area contributed by atoms with Gasteiger partial charge in [-0.25, -0.2) is 0 Å². The molecule has 0 bridgehead atoms. The molecule has 1 heterocycles. The van der Waals surface area contributed by atoms with Gasteiger partial charge in [0.2, 0.25) is 0 Å². The standard InChI is InChI=1S/C18H30N4.HI/c1-14-7-8-17(15(2)10-14)12-21-18(19-3)20-11-16-6-5-9-22(4)13-16;/h7-8,10,16H,5-6,9,11-13H2,1-4H3,(H2,19,20,21);1H. The van der Waals surface area contributed by atoms with Crippen molar-refractivity contribution in [2.75, 3.05) is 33.7 Å². The minimum Gasteiger partial charge on any atom is -0.356 e. The van der Waals surface area contributed by atoms with E-state index >= 15 is 0 Å². The first-order valence-corrected chi connectivity index (χ1v) is 8.27. The minimum atomic E-state index is 0. The van der Waals surface area contributed by atoms with Gasteiger partial charge in [-0.1, -0.05) is 23.8 Å². The fourth-order valence-electron chi connectivity index (χ4n) is 3.12. The number of likely N-dealkylation sites (tertiary alicyclic amines) is 1. The van der Waals surface area contributed by atoms with Gasteiger partial charge in [-0.05, 0) is 57.3 Å². The van der Waals surface area contributed by atoms with Gasteiger partial charge in [-0.2, -0.15) is 0 Å². The number of nitrogens with zero attached hydrogens (tertiary/aromatic N) is 2. The van der Waals surface area contributed by atoms with Crippen molar-refractivity contribution < 1.29 is 0 Å². The second-order valence-electron chi connectivity index (χ2n) is 6.51. The number of nitrogens with one attached hydrogen (secondary N) is 2. The summed E-state index contributed by atoms with van der Waals surface area (Å²) in [4.78, 5) is 6.75. The molecule has 1 aliphatic rings. The van der Waals surface area contributed by atoms with Crippen LogP contribution < -0.4 is 10.6 Å². The molecule has 0 radical (unpaired) electrons. The molecule has 0 saturated carbocycles. The zero-order valence-electron chi connectivity index (χ0n) is 14.9. The van der Waals surface area contributed by atoms with Gasteiger partial charge in [0.05, 0.1) is 0 Å². The Balaban J connectivity index is 0.00000264. The Labute approximate surface area is 158 Å². The van der Waals surface area contributed by atoms with Gasteiger partial charge in [0.15, 0.2) is 5.96 Å². The third-order valence-corrected chi connectivity index (χ3v) is 4.45. The molecule has 1 aromatic rings. The molecule has 4 nitrogen and oxygen atoms in total. The Bertz CT molecular complexity index is 516. The normalized spacial score (nSPS) is 19.1. The molecule has 1 fully saturated rings. The molecule has 130 valence electrons. The molecule has 1 aromatic carbocycles. The lowest BCUT2D eigenvalue weighted by molar-refractivity contribution is 0.210. The monoisotopic (exact) mass is 430 g/mol. The van der Waals surface area contributed by atoms with E-state index in [4.69, 9.17) is 0 Å². The predicted octanol–water partition coefficient (Wildman–Crippen LogP) is 2.93. The molecule has 5 heteroatoms. The highest BCUT2D eigenvalue weighted by Gasteiger charge is 2.17. The molecule has 1 unspecified atom stereocenters. The summed E-state index contributed by atoms with van der Waals surface area (Å²) < 4.78 is 0. The van der Waals surface area contributed by atoms with Crippen molar-refractivity contribution in [1.29, 1.82) is 0 Å². The van der Waals surface area contributed by atoms with E-state index < -0.39 is 0 Å². The van der Waals surface area contributed by atoms with E-state index in [1.807, 2.05) is 7.05 Å². The van der Waals surface area contributed by atoms with Crippen LogP contribution in [0.15, 0.2) is 23.2 Å². The molecule has 2 N–H and O–H groups in total. The zero-order valence-corrected chi connectivity index (χ0v) is 17.2. The third kappa shape index (κ3) is 6.67. The Morgan fingerprint density at radius 2 is 2.09 bits per heavy atom. The van der Waals surface area contributed by atoms with E-state index in [-0.39, 0.29) is 24.0 Å². The topological polar surface area (TPSA) is 39.7 Å². The third-order valence-electron chi connectivity index (χ3n) is 4.45. The number of piperidine rings is 1. The van der Waals surface area contributed by atoms with Crippen molar-refractivity contribution in [3.8, 4) is 0 Å². The highest BCUT2D eigenvalue weighted by atomic mass is 127. The van der Waals surface area contributed by atoms with Crippen LogP contribution in [-0.4, -0.2) is 44.6 Å². The highest BCUT2D eigenvalue weighted by molar-refractivity contribution is 14.0. The molecule has 23 heavy (non-hydrogen) atoms. The Morgan fingerprint density at radius 3 is 2.74 bits per heavy atom. The van der Waals surface area contributed by atoms with E-state index in [0.717, 1.165) is 25.0 Å². The fraction of sp³-hybridized carbons (Fsp3) is 0.611. The largest absolute Gasteiger partial charge is 0.356 e. The van der Waals surface area contributed by atoms with Crippen LogP contribution in [0, 0.1) is 19.8 Å². The number of guanidine groups is 1. The van der Waals surface area contributed by atoms with E-state index in [0.29, 0.717) is 0 Å². The summed E-state index contributed by atoms with van der Waals surface area (Å²) in [6, 6.07) is 6.59. The van der Waals surface area contributed by atoms with Gasteiger partial charge >= 0.3 is 0 Å². The average Bonchev–Trinajstić information content (AvgIpc) is 2.49. The number of hydrogen-bond donors (Lipinski definition) is 2. The Morgan fingerprint density at radius 1 is 1.30 bits per heavy atom. The van der Waals surface area contributed by atoms with E-state index in [2.05, 4.69) is 59.6 Å². The predicted molar refractivity (Wildman–Crippen MR) is 110 cm³/mol.